The second-order valence-electron chi connectivity index (χ2n) is 9.27. The summed E-state index contributed by atoms with van der Waals surface area (Å²) in [5, 5.41) is -0.831. The van der Waals surface area contributed by atoms with Crippen molar-refractivity contribution in [3.63, 3.8) is 0 Å². The van der Waals surface area contributed by atoms with Crippen LogP contribution < -0.4 is 0 Å². The first-order valence-corrected chi connectivity index (χ1v) is 15.5. The lowest BCUT2D eigenvalue weighted by atomic mass is 9.90. The summed E-state index contributed by atoms with van der Waals surface area (Å²) in [7, 11) is -5.77. The van der Waals surface area contributed by atoms with E-state index in [1.165, 1.54) is 22.7 Å². The van der Waals surface area contributed by atoms with Crippen molar-refractivity contribution in [2.45, 2.75) is 68.6 Å². The van der Waals surface area contributed by atoms with Crippen LogP contribution in [0.1, 0.15) is 27.7 Å². The molecule has 0 aromatic heterocycles. The summed E-state index contributed by atoms with van der Waals surface area (Å²) in [4.78, 5) is 27.1. The lowest BCUT2D eigenvalue weighted by Crippen LogP contribution is -2.66. The standard InChI is InChI=1S/C19H33NO7S2Si/c1-9-10-25-18(22)15-13(11-26-29(6,23)24)28-17-14(16(21)20(15)17)12(2)27-30(7,8)19(3,4)5/h9,12-15,17H,1,10-11H2,2-8H3/t12-,13?,14+,15?,17-/m1/s1. The van der Waals surface area contributed by atoms with E-state index >= 15 is 0 Å². The van der Waals surface area contributed by atoms with Crippen LogP contribution in [0.5, 0.6) is 0 Å². The zero-order valence-electron chi connectivity index (χ0n) is 18.7. The average Bonchev–Trinajstić information content (AvgIpc) is 2.90. The molecule has 2 rings (SSSR count). The Kier molecular flexibility index (Phi) is 7.55. The molecule has 0 N–H and O–H groups in total. The molecule has 0 bridgehead atoms. The third kappa shape index (κ3) is 5.29. The van der Waals surface area contributed by atoms with Crippen LogP contribution in [0.2, 0.25) is 18.1 Å². The summed E-state index contributed by atoms with van der Waals surface area (Å²) in [5.74, 6) is -1.17. The predicted molar refractivity (Wildman–Crippen MR) is 119 cm³/mol. The van der Waals surface area contributed by atoms with E-state index < -0.39 is 41.6 Å². The Hall–Kier alpha value is -0.883. The molecule has 2 heterocycles. The van der Waals surface area contributed by atoms with Crippen molar-refractivity contribution in [1.82, 2.24) is 4.90 Å². The maximum absolute atomic E-state index is 13.0. The fourth-order valence-corrected chi connectivity index (χ4v) is 7.03. The Balaban J connectivity index is 2.20. The molecule has 1 amide bonds. The van der Waals surface area contributed by atoms with Crippen molar-refractivity contribution in [1.29, 1.82) is 0 Å². The zero-order chi connectivity index (χ0) is 23.1. The van der Waals surface area contributed by atoms with E-state index in [2.05, 4.69) is 40.4 Å². The summed E-state index contributed by atoms with van der Waals surface area (Å²) < 4.78 is 39.4. The van der Waals surface area contributed by atoms with E-state index in [9.17, 15) is 18.0 Å². The second-order valence-corrected chi connectivity index (χ2v) is 17.0. The third-order valence-corrected chi connectivity index (χ3v) is 12.6. The van der Waals surface area contributed by atoms with Crippen molar-refractivity contribution in [2.24, 2.45) is 5.92 Å². The summed E-state index contributed by atoms with van der Waals surface area (Å²) in [5.41, 5.74) is 0. The van der Waals surface area contributed by atoms with E-state index in [4.69, 9.17) is 13.3 Å². The zero-order valence-corrected chi connectivity index (χ0v) is 21.3. The summed E-state index contributed by atoms with van der Waals surface area (Å²) in [6, 6.07) is -0.898. The van der Waals surface area contributed by atoms with Gasteiger partial charge in [-0.3, -0.25) is 8.98 Å². The van der Waals surface area contributed by atoms with Crippen molar-refractivity contribution in [2.75, 3.05) is 19.5 Å². The molecule has 0 saturated carbocycles. The molecule has 0 aromatic carbocycles. The molecule has 2 unspecified atom stereocenters. The van der Waals surface area contributed by atoms with Crippen molar-refractivity contribution >= 4 is 42.1 Å². The first-order chi connectivity index (χ1) is 13.6. The molecule has 2 saturated heterocycles. The van der Waals surface area contributed by atoms with Crippen molar-refractivity contribution in [3.8, 4) is 0 Å². The number of amides is 1. The minimum atomic E-state index is -3.68. The van der Waals surface area contributed by atoms with E-state index in [1.807, 2.05) is 6.92 Å². The van der Waals surface area contributed by atoms with Gasteiger partial charge in [0.2, 0.25) is 5.91 Å². The van der Waals surface area contributed by atoms with Gasteiger partial charge in [0.05, 0.1) is 35.5 Å². The predicted octanol–water partition coefficient (Wildman–Crippen LogP) is 2.37. The van der Waals surface area contributed by atoms with Gasteiger partial charge in [-0.15, -0.1) is 11.8 Å². The number of ether oxygens (including phenoxy) is 1. The largest absolute Gasteiger partial charge is 0.460 e. The first kappa shape index (κ1) is 25.4. The molecule has 0 spiro atoms. The number of carbonyl (C=O) groups excluding carboxylic acids is 2. The van der Waals surface area contributed by atoms with Crippen LogP contribution >= 0.6 is 11.8 Å². The fourth-order valence-electron chi connectivity index (χ4n) is 3.35. The highest BCUT2D eigenvalue weighted by molar-refractivity contribution is 8.01. The lowest BCUT2D eigenvalue weighted by Gasteiger charge is -2.48. The molecular formula is C19H33NO7S2Si. The summed E-state index contributed by atoms with van der Waals surface area (Å²) in [6.07, 6.45) is 2.08. The smallest absolute Gasteiger partial charge is 0.330 e. The molecule has 2 aliphatic rings. The first-order valence-electron chi connectivity index (χ1n) is 9.88. The molecule has 5 atom stereocenters. The molecule has 11 heteroatoms. The molecule has 2 fully saturated rings. The number of nitrogens with zero attached hydrogens (tertiary/aromatic N) is 1. The van der Waals surface area contributed by atoms with Gasteiger partial charge >= 0.3 is 5.97 Å². The van der Waals surface area contributed by atoms with Gasteiger partial charge in [-0.1, -0.05) is 33.4 Å². The van der Waals surface area contributed by atoms with Gasteiger partial charge in [-0.05, 0) is 25.1 Å². The average molecular weight is 480 g/mol. The number of rotatable bonds is 9. The molecule has 0 aliphatic carbocycles. The minimum absolute atomic E-state index is 0.000545. The molecule has 0 aromatic rings. The molecule has 8 nitrogen and oxygen atoms in total. The quantitative estimate of drug-likeness (QED) is 0.163. The van der Waals surface area contributed by atoms with Crippen LogP contribution in [-0.4, -0.2) is 75.8 Å². The lowest BCUT2D eigenvalue weighted by molar-refractivity contribution is -0.169. The number of hydrogen-bond donors (Lipinski definition) is 0. The second kappa shape index (κ2) is 8.93. The summed E-state index contributed by atoms with van der Waals surface area (Å²) in [6.45, 7) is 15.9. The molecular weight excluding hydrogens is 446 g/mol. The van der Waals surface area contributed by atoms with Gasteiger partial charge in [-0.2, -0.15) is 8.42 Å². The number of thioether (sulfide) groups is 1. The van der Waals surface area contributed by atoms with Gasteiger partial charge < -0.3 is 14.1 Å². The molecule has 172 valence electrons. The monoisotopic (exact) mass is 479 g/mol. The third-order valence-electron chi connectivity index (χ3n) is 5.91. The summed E-state index contributed by atoms with van der Waals surface area (Å²) >= 11 is 1.37. The highest BCUT2D eigenvalue weighted by Crippen LogP contribution is 2.50. The van der Waals surface area contributed by atoms with E-state index in [1.54, 1.807) is 0 Å². The highest BCUT2D eigenvalue weighted by atomic mass is 32.2. The Bertz CT molecular complexity index is 793. The van der Waals surface area contributed by atoms with E-state index in [0.717, 1.165) is 6.26 Å². The maximum atomic E-state index is 13.0. The van der Waals surface area contributed by atoms with Crippen molar-refractivity contribution < 1.29 is 31.4 Å². The van der Waals surface area contributed by atoms with Gasteiger partial charge in [-0.25, -0.2) is 4.79 Å². The number of hydrogen-bond acceptors (Lipinski definition) is 8. The van der Waals surface area contributed by atoms with Crippen LogP contribution in [0.4, 0.5) is 0 Å². The van der Waals surface area contributed by atoms with E-state index in [-0.39, 0.29) is 35.6 Å². The van der Waals surface area contributed by atoms with Crippen LogP contribution in [0, 0.1) is 5.92 Å². The van der Waals surface area contributed by atoms with Gasteiger partial charge in [0.15, 0.2) is 8.32 Å². The van der Waals surface area contributed by atoms with Gasteiger partial charge in [0.25, 0.3) is 10.1 Å². The number of β-lactam (4-membered cyclic amide) rings is 1. The van der Waals surface area contributed by atoms with Crippen LogP contribution in [0.15, 0.2) is 12.7 Å². The maximum Gasteiger partial charge on any atom is 0.330 e. The molecule has 0 radical (unpaired) electrons. The Morgan fingerprint density at radius 1 is 1.37 bits per heavy atom. The Labute approximate surface area is 184 Å². The van der Waals surface area contributed by atoms with Crippen LogP contribution in [-0.2, 0) is 33.1 Å². The highest BCUT2D eigenvalue weighted by Gasteiger charge is 2.63. The number of esters is 1. The Morgan fingerprint density at radius 3 is 2.47 bits per heavy atom. The van der Waals surface area contributed by atoms with Gasteiger partial charge in [0, 0.05) is 0 Å². The normalized spacial score (nSPS) is 28.0. The minimum Gasteiger partial charge on any atom is -0.460 e. The van der Waals surface area contributed by atoms with E-state index in [0.29, 0.717) is 0 Å². The number of fused-ring (bicyclic) bond motifs is 1. The Morgan fingerprint density at radius 2 is 1.97 bits per heavy atom. The SMILES string of the molecule is C=CCOC(=O)C1C(COS(C)(=O)=O)S[C@@H]2[C@@H]([C@@H](C)O[Si](C)(C)C(C)(C)C)C(=O)N12. The van der Waals surface area contributed by atoms with Gasteiger partial charge in [0.1, 0.15) is 12.6 Å². The fraction of sp³-hybridized carbons (Fsp3) is 0.789. The van der Waals surface area contributed by atoms with Crippen LogP contribution in [0.25, 0.3) is 0 Å². The molecule has 30 heavy (non-hydrogen) atoms. The molecule has 2 aliphatic heterocycles. The van der Waals surface area contributed by atoms with Crippen molar-refractivity contribution in [3.05, 3.63) is 12.7 Å². The van der Waals surface area contributed by atoms with Crippen LogP contribution in [0.3, 0.4) is 0 Å². The topological polar surface area (TPSA) is 99.2 Å². The number of carbonyl (C=O) groups is 2.